The van der Waals surface area contributed by atoms with Crippen molar-refractivity contribution in [2.45, 2.75) is 32.4 Å². The number of halogens is 3. The Kier molecular flexibility index (Phi) is 7.02. The number of carbonyl (C=O) groups is 3. The SMILES string of the molecule is CC(C)(C)c1ccc(C(=O)NCC(=O)OCC(=O)c2cccc(C(F)(F)F)c2)cc1. The van der Waals surface area contributed by atoms with E-state index in [1.165, 1.54) is 6.07 Å². The third-order valence-corrected chi connectivity index (χ3v) is 4.28. The number of benzene rings is 2. The maximum absolute atomic E-state index is 12.7. The summed E-state index contributed by atoms with van der Waals surface area (Å²) in [6.07, 6.45) is -4.58. The molecule has 0 aromatic heterocycles. The maximum Gasteiger partial charge on any atom is 0.416 e. The maximum atomic E-state index is 12.7. The van der Waals surface area contributed by atoms with Crippen LogP contribution < -0.4 is 5.32 Å². The van der Waals surface area contributed by atoms with Crippen molar-refractivity contribution in [3.05, 3.63) is 70.8 Å². The molecule has 2 aromatic rings. The summed E-state index contributed by atoms with van der Waals surface area (Å²) in [6, 6.07) is 10.8. The van der Waals surface area contributed by atoms with E-state index in [1.807, 2.05) is 32.9 Å². The van der Waals surface area contributed by atoms with Crippen LogP contribution in [0.3, 0.4) is 0 Å². The summed E-state index contributed by atoms with van der Waals surface area (Å²) in [7, 11) is 0. The minimum absolute atomic E-state index is 0.0645. The molecule has 8 heteroatoms. The molecule has 0 radical (unpaired) electrons. The lowest BCUT2D eigenvalue weighted by Crippen LogP contribution is -2.31. The number of hydrogen-bond acceptors (Lipinski definition) is 4. The summed E-state index contributed by atoms with van der Waals surface area (Å²) >= 11 is 0. The van der Waals surface area contributed by atoms with Crippen LogP contribution in [0.25, 0.3) is 0 Å². The average molecular weight is 421 g/mol. The zero-order chi connectivity index (χ0) is 22.5. The summed E-state index contributed by atoms with van der Waals surface area (Å²) in [4.78, 5) is 35.8. The van der Waals surface area contributed by atoms with Gasteiger partial charge in [0.1, 0.15) is 6.54 Å². The molecule has 5 nitrogen and oxygen atoms in total. The lowest BCUT2D eigenvalue weighted by Gasteiger charge is -2.19. The second-order valence-corrected chi connectivity index (χ2v) is 7.67. The third kappa shape index (κ3) is 6.43. The number of amides is 1. The van der Waals surface area contributed by atoms with E-state index in [-0.39, 0.29) is 11.0 Å². The number of esters is 1. The molecule has 2 aromatic carbocycles. The Morgan fingerprint density at radius 1 is 0.900 bits per heavy atom. The Morgan fingerprint density at radius 2 is 1.53 bits per heavy atom. The van der Waals surface area contributed by atoms with E-state index in [0.29, 0.717) is 11.6 Å². The van der Waals surface area contributed by atoms with Crippen LogP contribution in [-0.4, -0.2) is 30.8 Å². The van der Waals surface area contributed by atoms with E-state index in [1.54, 1.807) is 12.1 Å². The average Bonchev–Trinajstić information content (AvgIpc) is 2.69. The molecule has 0 saturated carbocycles. The van der Waals surface area contributed by atoms with Gasteiger partial charge >= 0.3 is 12.1 Å². The van der Waals surface area contributed by atoms with E-state index < -0.39 is 42.6 Å². The molecule has 0 spiro atoms. The summed E-state index contributed by atoms with van der Waals surface area (Å²) in [5.74, 6) is -2.15. The molecule has 1 amide bonds. The molecule has 0 aliphatic rings. The molecule has 0 unspecified atom stereocenters. The normalized spacial score (nSPS) is 11.7. The number of ketones is 1. The highest BCUT2D eigenvalue weighted by molar-refractivity contribution is 5.99. The topological polar surface area (TPSA) is 72.5 Å². The van der Waals surface area contributed by atoms with Crippen molar-refractivity contribution in [1.82, 2.24) is 5.32 Å². The molecule has 0 aliphatic heterocycles. The number of nitrogens with one attached hydrogen (secondary N) is 1. The zero-order valence-corrected chi connectivity index (χ0v) is 16.8. The molecule has 0 atom stereocenters. The number of alkyl halides is 3. The Hall–Kier alpha value is -3.16. The second-order valence-electron chi connectivity index (χ2n) is 7.67. The van der Waals surface area contributed by atoms with Crippen LogP contribution >= 0.6 is 0 Å². The van der Waals surface area contributed by atoms with Gasteiger partial charge in [0, 0.05) is 11.1 Å². The van der Waals surface area contributed by atoms with E-state index in [0.717, 1.165) is 17.7 Å². The number of ether oxygens (including phenoxy) is 1. The molecule has 0 bridgehead atoms. The van der Waals surface area contributed by atoms with Crippen LogP contribution in [0.1, 0.15) is 52.6 Å². The van der Waals surface area contributed by atoms with Crippen LogP contribution in [-0.2, 0) is 21.1 Å². The van der Waals surface area contributed by atoms with Gasteiger partial charge in [-0.15, -0.1) is 0 Å². The Bertz CT molecular complexity index is 929. The molecule has 0 aliphatic carbocycles. The largest absolute Gasteiger partial charge is 0.456 e. The van der Waals surface area contributed by atoms with Crippen molar-refractivity contribution in [2.24, 2.45) is 0 Å². The van der Waals surface area contributed by atoms with Gasteiger partial charge in [-0.25, -0.2) is 0 Å². The van der Waals surface area contributed by atoms with Gasteiger partial charge in [-0.2, -0.15) is 13.2 Å². The van der Waals surface area contributed by atoms with Gasteiger partial charge in [0.25, 0.3) is 5.91 Å². The highest BCUT2D eigenvalue weighted by Gasteiger charge is 2.31. The lowest BCUT2D eigenvalue weighted by atomic mass is 9.87. The van der Waals surface area contributed by atoms with E-state index >= 15 is 0 Å². The van der Waals surface area contributed by atoms with Crippen molar-refractivity contribution in [3.8, 4) is 0 Å². The van der Waals surface area contributed by atoms with Crippen molar-refractivity contribution in [3.63, 3.8) is 0 Å². The molecule has 0 heterocycles. The van der Waals surface area contributed by atoms with Gasteiger partial charge in [0.15, 0.2) is 12.4 Å². The van der Waals surface area contributed by atoms with Gasteiger partial charge in [-0.1, -0.05) is 45.0 Å². The van der Waals surface area contributed by atoms with Crippen LogP contribution in [0.15, 0.2) is 48.5 Å². The monoisotopic (exact) mass is 421 g/mol. The van der Waals surface area contributed by atoms with Crippen molar-refractivity contribution in [2.75, 3.05) is 13.2 Å². The fourth-order valence-electron chi connectivity index (χ4n) is 2.53. The number of Topliss-reactive ketones (excluding diaryl/α,β-unsaturated/α-hetero) is 1. The first-order valence-corrected chi connectivity index (χ1v) is 9.13. The smallest absolute Gasteiger partial charge is 0.416 e. The third-order valence-electron chi connectivity index (χ3n) is 4.28. The lowest BCUT2D eigenvalue weighted by molar-refractivity contribution is -0.141. The van der Waals surface area contributed by atoms with Crippen molar-refractivity contribution in [1.29, 1.82) is 0 Å². The quantitative estimate of drug-likeness (QED) is 0.562. The van der Waals surface area contributed by atoms with Crippen molar-refractivity contribution >= 4 is 17.7 Å². The molecular formula is C22H22F3NO4. The minimum atomic E-state index is -4.58. The molecular weight excluding hydrogens is 399 g/mol. The first-order chi connectivity index (χ1) is 13.9. The summed E-state index contributed by atoms with van der Waals surface area (Å²) < 4.78 is 42.9. The predicted molar refractivity (Wildman–Crippen MR) is 104 cm³/mol. The fourth-order valence-corrected chi connectivity index (χ4v) is 2.53. The molecule has 2 rings (SSSR count). The van der Waals surface area contributed by atoms with Gasteiger partial charge in [-0.3, -0.25) is 14.4 Å². The molecule has 0 saturated heterocycles. The van der Waals surface area contributed by atoms with E-state index in [9.17, 15) is 27.6 Å². The van der Waals surface area contributed by atoms with Gasteiger partial charge in [0.05, 0.1) is 5.56 Å². The Balaban J connectivity index is 1.85. The summed E-state index contributed by atoms with van der Waals surface area (Å²) in [5, 5.41) is 2.38. The molecule has 30 heavy (non-hydrogen) atoms. The zero-order valence-electron chi connectivity index (χ0n) is 16.8. The van der Waals surface area contributed by atoms with Crippen LogP contribution in [0.5, 0.6) is 0 Å². The molecule has 160 valence electrons. The number of rotatable bonds is 6. The van der Waals surface area contributed by atoms with Gasteiger partial charge < -0.3 is 10.1 Å². The first-order valence-electron chi connectivity index (χ1n) is 9.13. The fraction of sp³-hybridized carbons (Fsp3) is 0.318. The standard InChI is InChI=1S/C22H22F3NO4/c1-21(2,3)16-9-7-14(8-10-16)20(29)26-12-19(28)30-13-18(27)15-5-4-6-17(11-15)22(23,24)25/h4-11H,12-13H2,1-3H3,(H,26,29). The summed E-state index contributed by atoms with van der Waals surface area (Å²) in [6.45, 7) is 4.92. The van der Waals surface area contributed by atoms with E-state index in [4.69, 9.17) is 4.74 Å². The van der Waals surface area contributed by atoms with Crippen LogP contribution in [0, 0.1) is 0 Å². The van der Waals surface area contributed by atoms with Gasteiger partial charge in [0.2, 0.25) is 0 Å². The Labute approximate surface area is 172 Å². The van der Waals surface area contributed by atoms with Crippen LogP contribution in [0.4, 0.5) is 13.2 Å². The van der Waals surface area contributed by atoms with Gasteiger partial charge in [-0.05, 0) is 35.2 Å². The molecule has 1 N–H and O–H groups in total. The highest BCUT2D eigenvalue weighted by Crippen LogP contribution is 2.29. The van der Waals surface area contributed by atoms with Crippen molar-refractivity contribution < 1.29 is 32.3 Å². The predicted octanol–water partition coefficient (Wildman–Crippen LogP) is 4.16. The highest BCUT2D eigenvalue weighted by atomic mass is 19.4. The number of carbonyl (C=O) groups excluding carboxylic acids is 3. The minimum Gasteiger partial charge on any atom is -0.456 e. The Morgan fingerprint density at radius 3 is 2.10 bits per heavy atom. The number of hydrogen-bond donors (Lipinski definition) is 1. The summed E-state index contributed by atoms with van der Waals surface area (Å²) in [5.41, 5.74) is 0.151. The first kappa shape index (κ1) is 23.1. The van der Waals surface area contributed by atoms with Crippen LogP contribution in [0.2, 0.25) is 0 Å². The molecule has 0 fully saturated rings. The second kappa shape index (κ2) is 9.11. The van der Waals surface area contributed by atoms with E-state index in [2.05, 4.69) is 5.32 Å².